The van der Waals surface area contributed by atoms with Crippen molar-refractivity contribution in [3.8, 4) is 11.5 Å². The lowest BCUT2D eigenvalue weighted by molar-refractivity contribution is -0.141. The molecule has 2 rings (SSSR count). The van der Waals surface area contributed by atoms with Crippen LogP contribution in [0.15, 0.2) is 30.5 Å². The predicted octanol–water partition coefficient (Wildman–Crippen LogP) is 2.83. The number of carbonyl (C=O) groups excluding carboxylic acids is 1. The maximum atomic E-state index is 12.4. The first-order valence-electron chi connectivity index (χ1n) is 7.18. The SMILES string of the molecule is COc1cc(CNC(=O)Cn2ccc(C(F)(F)F)n2)ccc1OC(F)F. The maximum absolute atomic E-state index is 12.4. The van der Waals surface area contributed by atoms with Gasteiger partial charge in [0, 0.05) is 12.7 Å². The van der Waals surface area contributed by atoms with Crippen LogP contribution in [-0.2, 0) is 24.1 Å². The minimum atomic E-state index is -4.58. The molecule has 0 aliphatic heterocycles. The van der Waals surface area contributed by atoms with Crippen molar-refractivity contribution < 1.29 is 36.2 Å². The first-order valence-corrected chi connectivity index (χ1v) is 7.18. The zero-order valence-electron chi connectivity index (χ0n) is 13.4. The molecule has 2 aromatic rings. The van der Waals surface area contributed by atoms with Crippen LogP contribution in [0.25, 0.3) is 0 Å². The lowest BCUT2D eigenvalue weighted by atomic mass is 10.2. The zero-order chi connectivity index (χ0) is 19.3. The number of alkyl halides is 5. The van der Waals surface area contributed by atoms with Gasteiger partial charge in [0.1, 0.15) is 6.54 Å². The lowest BCUT2D eigenvalue weighted by Gasteiger charge is -2.12. The van der Waals surface area contributed by atoms with Crippen molar-refractivity contribution in [2.75, 3.05) is 7.11 Å². The molecule has 1 amide bonds. The molecule has 1 N–H and O–H groups in total. The smallest absolute Gasteiger partial charge is 0.435 e. The first kappa shape index (κ1) is 19.5. The Hall–Kier alpha value is -2.85. The molecule has 1 aromatic heterocycles. The Labute approximate surface area is 144 Å². The number of rotatable bonds is 7. The molecule has 0 bridgehead atoms. The van der Waals surface area contributed by atoms with E-state index in [1.54, 1.807) is 0 Å². The molecule has 0 radical (unpaired) electrons. The fraction of sp³-hybridized carbons (Fsp3) is 0.333. The summed E-state index contributed by atoms with van der Waals surface area (Å²) in [6.45, 7) is -3.40. The van der Waals surface area contributed by atoms with Gasteiger partial charge >= 0.3 is 12.8 Å². The molecule has 26 heavy (non-hydrogen) atoms. The van der Waals surface area contributed by atoms with Crippen molar-refractivity contribution in [1.82, 2.24) is 15.1 Å². The molecule has 0 aliphatic rings. The summed E-state index contributed by atoms with van der Waals surface area (Å²) in [7, 11) is 1.27. The molecule has 0 aliphatic carbocycles. The van der Waals surface area contributed by atoms with Crippen LogP contribution in [0.5, 0.6) is 11.5 Å². The van der Waals surface area contributed by atoms with Crippen LogP contribution in [0, 0.1) is 0 Å². The Morgan fingerprint density at radius 3 is 2.58 bits per heavy atom. The van der Waals surface area contributed by atoms with Gasteiger partial charge in [-0.15, -0.1) is 0 Å². The Kier molecular flexibility index (Phi) is 6.01. The second-order valence-corrected chi connectivity index (χ2v) is 5.04. The Morgan fingerprint density at radius 2 is 2.00 bits per heavy atom. The number of ether oxygens (including phenoxy) is 2. The number of nitrogens with one attached hydrogen (secondary N) is 1. The summed E-state index contributed by atoms with van der Waals surface area (Å²) in [6.07, 6.45) is -3.54. The number of nitrogens with zero attached hydrogens (tertiary/aromatic N) is 2. The topological polar surface area (TPSA) is 65.4 Å². The molecule has 6 nitrogen and oxygen atoms in total. The highest BCUT2D eigenvalue weighted by molar-refractivity contribution is 5.75. The highest BCUT2D eigenvalue weighted by Gasteiger charge is 2.33. The molecule has 0 atom stereocenters. The van der Waals surface area contributed by atoms with E-state index in [1.165, 1.54) is 25.3 Å². The van der Waals surface area contributed by atoms with Crippen LogP contribution in [0.1, 0.15) is 11.3 Å². The van der Waals surface area contributed by atoms with Crippen LogP contribution in [0.2, 0.25) is 0 Å². The van der Waals surface area contributed by atoms with Gasteiger partial charge in [-0.3, -0.25) is 9.48 Å². The van der Waals surface area contributed by atoms with Crippen LogP contribution < -0.4 is 14.8 Å². The lowest BCUT2D eigenvalue weighted by Crippen LogP contribution is -2.27. The molecule has 1 heterocycles. The number of hydrogen-bond donors (Lipinski definition) is 1. The molecule has 142 valence electrons. The second kappa shape index (κ2) is 8.02. The number of methoxy groups -OCH3 is 1. The highest BCUT2D eigenvalue weighted by Crippen LogP contribution is 2.29. The number of benzene rings is 1. The van der Waals surface area contributed by atoms with Gasteiger partial charge in [0.05, 0.1) is 7.11 Å². The first-order chi connectivity index (χ1) is 12.2. The summed E-state index contributed by atoms with van der Waals surface area (Å²) in [6, 6.07) is 4.86. The third kappa shape index (κ3) is 5.33. The predicted molar refractivity (Wildman–Crippen MR) is 78.7 cm³/mol. The highest BCUT2D eigenvalue weighted by atomic mass is 19.4. The van der Waals surface area contributed by atoms with Gasteiger partial charge < -0.3 is 14.8 Å². The van der Waals surface area contributed by atoms with E-state index in [4.69, 9.17) is 4.74 Å². The summed E-state index contributed by atoms with van der Waals surface area (Å²) in [5.41, 5.74) is -0.571. The second-order valence-electron chi connectivity index (χ2n) is 5.04. The molecule has 0 spiro atoms. The fourth-order valence-corrected chi connectivity index (χ4v) is 2.02. The van der Waals surface area contributed by atoms with Crippen molar-refractivity contribution in [3.05, 3.63) is 41.7 Å². The summed E-state index contributed by atoms with van der Waals surface area (Å²) < 4.78 is 71.9. The van der Waals surface area contributed by atoms with Crippen molar-refractivity contribution in [3.63, 3.8) is 0 Å². The van der Waals surface area contributed by atoms with Crippen molar-refractivity contribution >= 4 is 5.91 Å². The van der Waals surface area contributed by atoms with E-state index in [0.29, 0.717) is 5.56 Å². The number of aromatic nitrogens is 2. The Morgan fingerprint density at radius 1 is 1.27 bits per heavy atom. The molecule has 11 heteroatoms. The molecular formula is C15H14F5N3O3. The van der Waals surface area contributed by atoms with E-state index < -0.39 is 30.9 Å². The third-order valence-electron chi connectivity index (χ3n) is 3.17. The molecule has 0 unspecified atom stereocenters. The minimum absolute atomic E-state index is 0.0115. The number of carbonyl (C=O) groups is 1. The van der Waals surface area contributed by atoms with Gasteiger partial charge in [0.2, 0.25) is 5.91 Å². The molecule has 0 saturated carbocycles. The van der Waals surface area contributed by atoms with Gasteiger partial charge in [-0.05, 0) is 23.8 Å². The van der Waals surface area contributed by atoms with E-state index in [-0.39, 0.29) is 18.0 Å². The molecule has 0 fully saturated rings. The molecular weight excluding hydrogens is 365 g/mol. The van der Waals surface area contributed by atoms with Crippen LogP contribution in [-0.4, -0.2) is 29.4 Å². The van der Waals surface area contributed by atoms with Crippen molar-refractivity contribution in [1.29, 1.82) is 0 Å². The fourth-order valence-electron chi connectivity index (χ4n) is 2.02. The van der Waals surface area contributed by atoms with Gasteiger partial charge in [-0.25, -0.2) is 0 Å². The Bertz CT molecular complexity index is 761. The molecule has 1 aromatic carbocycles. The van der Waals surface area contributed by atoms with Gasteiger partial charge in [0.15, 0.2) is 17.2 Å². The quantitative estimate of drug-likeness (QED) is 0.752. The van der Waals surface area contributed by atoms with Crippen molar-refractivity contribution in [2.45, 2.75) is 25.9 Å². The van der Waals surface area contributed by atoms with E-state index in [2.05, 4.69) is 15.2 Å². The number of hydrogen-bond acceptors (Lipinski definition) is 4. The van der Waals surface area contributed by atoms with Gasteiger partial charge in [-0.2, -0.15) is 27.1 Å². The average molecular weight is 379 g/mol. The normalized spacial score (nSPS) is 11.5. The summed E-state index contributed by atoms with van der Waals surface area (Å²) in [5, 5.41) is 5.75. The standard InChI is InChI=1S/C15H14F5N3O3/c1-25-11-6-9(2-3-10(11)26-14(16)17)7-21-13(24)8-23-5-4-12(22-23)15(18,19)20/h2-6,14H,7-8H2,1H3,(H,21,24). The molecule has 0 saturated heterocycles. The maximum Gasteiger partial charge on any atom is 0.435 e. The monoisotopic (exact) mass is 379 g/mol. The van der Waals surface area contributed by atoms with Crippen LogP contribution >= 0.6 is 0 Å². The largest absolute Gasteiger partial charge is 0.493 e. The van der Waals surface area contributed by atoms with Crippen LogP contribution in [0.4, 0.5) is 22.0 Å². The van der Waals surface area contributed by atoms with E-state index in [1.807, 2.05) is 0 Å². The van der Waals surface area contributed by atoms with Gasteiger partial charge in [0.25, 0.3) is 0 Å². The summed E-state index contributed by atoms with van der Waals surface area (Å²) in [5.74, 6) is -0.679. The van der Waals surface area contributed by atoms with Crippen molar-refractivity contribution in [2.24, 2.45) is 0 Å². The summed E-state index contributed by atoms with van der Waals surface area (Å²) >= 11 is 0. The van der Waals surface area contributed by atoms with E-state index >= 15 is 0 Å². The number of amides is 1. The third-order valence-corrected chi connectivity index (χ3v) is 3.17. The average Bonchev–Trinajstić information content (AvgIpc) is 3.02. The zero-order valence-corrected chi connectivity index (χ0v) is 13.4. The van der Waals surface area contributed by atoms with E-state index in [9.17, 15) is 26.7 Å². The Balaban J connectivity index is 1.93. The van der Waals surface area contributed by atoms with Gasteiger partial charge in [-0.1, -0.05) is 6.07 Å². The minimum Gasteiger partial charge on any atom is -0.493 e. The summed E-state index contributed by atoms with van der Waals surface area (Å²) in [4.78, 5) is 11.8. The number of halogens is 5. The van der Waals surface area contributed by atoms with Crippen LogP contribution in [0.3, 0.4) is 0 Å². The van der Waals surface area contributed by atoms with E-state index in [0.717, 1.165) is 16.9 Å².